The summed E-state index contributed by atoms with van der Waals surface area (Å²) in [7, 11) is 0. The van der Waals surface area contributed by atoms with Gasteiger partial charge in [0.1, 0.15) is 5.69 Å². The van der Waals surface area contributed by atoms with Crippen LogP contribution >= 0.6 is 11.3 Å². The van der Waals surface area contributed by atoms with Crippen molar-refractivity contribution in [2.75, 3.05) is 0 Å². The molecule has 0 bridgehead atoms. The molecule has 2 rings (SSSR count). The lowest BCUT2D eigenvalue weighted by Gasteiger charge is -2.13. The van der Waals surface area contributed by atoms with Gasteiger partial charge in [0.2, 0.25) is 0 Å². The number of aromatic nitrogens is 3. The Labute approximate surface area is 117 Å². The number of nitrogens with one attached hydrogen (secondary N) is 1. The molecule has 0 saturated heterocycles. The Morgan fingerprint density at radius 3 is 2.63 bits per heavy atom. The molecule has 0 aromatic carbocycles. The van der Waals surface area contributed by atoms with E-state index in [9.17, 15) is 4.79 Å². The second-order valence-electron chi connectivity index (χ2n) is 5.62. The molecular formula is C14H19N3OS. The zero-order valence-electron chi connectivity index (χ0n) is 11.8. The molecule has 4 nitrogen and oxygen atoms in total. The van der Waals surface area contributed by atoms with Crippen LogP contribution in [0.25, 0.3) is 11.5 Å². The fraction of sp³-hybridized carbons (Fsp3) is 0.500. The third-order valence-corrected chi connectivity index (χ3v) is 3.96. The highest BCUT2D eigenvalue weighted by atomic mass is 32.1. The Balaban J connectivity index is 2.41. The van der Waals surface area contributed by atoms with Crippen molar-refractivity contribution >= 4 is 11.3 Å². The van der Waals surface area contributed by atoms with E-state index >= 15 is 0 Å². The number of H-pyrrole nitrogens is 1. The molecule has 19 heavy (non-hydrogen) atoms. The van der Waals surface area contributed by atoms with Gasteiger partial charge in [0.25, 0.3) is 5.56 Å². The fourth-order valence-electron chi connectivity index (χ4n) is 1.74. The van der Waals surface area contributed by atoms with Gasteiger partial charge in [-0.1, -0.05) is 34.1 Å². The van der Waals surface area contributed by atoms with Crippen molar-refractivity contribution in [1.29, 1.82) is 0 Å². The number of hydrogen-bond acceptors (Lipinski definition) is 4. The molecule has 2 heterocycles. The first-order valence-corrected chi connectivity index (χ1v) is 7.34. The highest BCUT2D eigenvalue weighted by Gasteiger charge is 2.19. The third-order valence-electron chi connectivity index (χ3n) is 2.69. The summed E-state index contributed by atoms with van der Waals surface area (Å²) in [5.74, 6) is 0.572. The molecule has 102 valence electrons. The standard InChI is InChI=1S/C14H19N3OS/c1-5-6-9-7-11(18)17-12(15-9)10-8-19-13(16-10)14(2,3)4/h7-8H,5-6H2,1-4H3,(H,15,17,18). The first-order valence-electron chi connectivity index (χ1n) is 6.47. The molecule has 0 radical (unpaired) electrons. The largest absolute Gasteiger partial charge is 0.305 e. The van der Waals surface area contributed by atoms with Crippen LogP contribution in [0.5, 0.6) is 0 Å². The lowest BCUT2D eigenvalue weighted by molar-refractivity contribution is 0.586. The van der Waals surface area contributed by atoms with Crippen LogP contribution in [0.4, 0.5) is 0 Å². The minimum atomic E-state index is -0.112. The maximum atomic E-state index is 11.6. The molecule has 0 unspecified atom stereocenters. The summed E-state index contributed by atoms with van der Waals surface area (Å²) in [5, 5.41) is 3.00. The summed E-state index contributed by atoms with van der Waals surface area (Å²) >= 11 is 1.60. The third kappa shape index (κ3) is 3.29. The number of aryl methyl sites for hydroxylation is 1. The van der Waals surface area contributed by atoms with Gasteiger partial charge in [-0.05, 0) is 6.42 Å². The maximum absolute atomic E-state index is 11.6. The molecule has 2 aromatic heterocycles. The highest BCUT2D eigenvalue weighted by Crippen LogP contribution is 2.28. The molecule has 0 spiro atoms. The van der Waals surface area contributed by atoms with Crippen molar-refractivity contribution < 1.29 is 0 Å². The summed E-state index contributed by atoms with van der Waals surface area (Å²) in [6.07, 6.45) is 1.79. The summed E-state index contributed by atoms with van der Waals surface area (Å²) in [6, 6.07) is 1.56. The Bertz CT molecular complexity index is 622. The van der Waals surface area contributed by atoms with E-state index < -0.39 is 0 Å². The topological polar surface area (TPSA) is 58.6 Å². The summed E-state index contributed by atoms with van der Waals surface area (Å²) in [4.78, 5) is 23.5. The molecule has 0 aliphatic carbocycles. The summed E-state index contributed by atoms with van der Waals surface area (Å²) in [5.41, 5.74) is 1.49. The average Bonchev–Trinajstić information content (AvgIpc) is 2.77. The molecule has 0 aliphatic heterocycles. The van der Waals surface area contributed by atoms with E-state index in [1.807, 2.05) is 5.38 Å². The molecule has 5 heteroatoms. The van der Waals surface area contributed by atoms with Crippen molar-refractivity contribution in [1.82, 2.24) is 15.0 Å². The van der Waals surface area contributed by atoms with E-state index in [0.29, 0.717) is 5.82 Å². The Kier molecular flexibility index (Phi) is 3.85. The van der Waals surface area contributed by atoms with Gasteiger partial charge < -0.3 is 4.98 Å². The molecular weight excluding hydrogens is 258 g/mol. The van der Waals surface area contributed by atoms with E-state index in [1.54, 1.807) is 17.4 Å². The van der Waals surface area contributed by atoms with E-state index in [2.05, 4.69) is 42.6 Å². The van der Waals surface area contributed by atoms with Crippen LogP contribution in [0, 0.1) is 0 Å². The number of rotatable bonds is 3. The van der Waals surface area contributed by atoms with Crippen LogP contribution in [-0.4, -0.2) is 15.0 Å². The Hall–Kier alpha value is -1.49. The zero-order valence-corrected chi connectivity index (χ0v) is 12.6. The predicted octanol–water partition coefficient (Wildman–Crippen LogP) is 3.14. The van der Waals surface area contributed by atoms with Crippen molar-refractivity contribution in [3.63, 3.8) is 0 Å². The normalized spacial score (nSPS) is 11.8. The van der Waals surface area contributed by atoms with Crippen molar-refractivity contribution in [3.05, 3.63) is 32.5 Å². The highest BCUT2D eigenvalue weighted by molar-refractivity contribution is 7.10. The van der Waals surface area contributed by atoms with Gasteiger partial charge in [0.15, 0.2) is 5.82 Å². The molecule has 0 atom stereocenters. The first-order chi connectivity index (χ1) is 8.90. The van der Waals surface area contributed by atoms with Crippen LogP contribution in [-0.2, 0) is 11.8 Å². The molecule has 2 aromatic rings. The van der Waals surface area contributed by atoms with Crippen LogP contribution < -0.4 is 5.56 Å². The molecule has 0 fully saturated rings. The lowest BCUT2D eigenvalue weighted by Crippen LogP contribution is -2.12. The van der Waals surface area contributed by atoms with E-state index in [-0.39, 0.29) is 11.0 Å². The van der Waals surface area contributed by atoms with Gasteiger partial charge in [0.05, 0.1) is 5.01 Å². The van der Waals surface area contributed by atoms with E-state index in [1.165, 1.54) is 0 Å². The Morgan fingerprint density at radius 1 is 1.32 bits per heavy atom. The average molecular weight is 277 g/mol. The van der Waals surface area contributed by atoms with Gasteiger partial charge in [-0.3, -0.25) is 4.79 Å². The maximum Gasteiger partial charge on any atom is 0.251 e. The minimum Gasteiger partial charge on any atom is -0.305 e. The van der Waals surface area contributed by atoms with Crippen LogP contribution in [0.15, 0.2) is 16.2 Å². The number of hydrogen-bond donors (Lipinski definition) is 1. The summed E-state index contributed by atoms with van der Waals surface area (Å²) in [6.45, 7) is 8.45. The lowest BCUT2D eigenvalue weighted by atomic mass is 9.98. The van der Waals surface area contributed by atoms with Crippen molar-refractivity contribution in [3.8, 4) is 11.5 Å². The monoisotopic (exact) mass is 277 g/mol. The van der Waals surface area contributed by atoms with Gasteiger partial charge >= 0.3 is 0 Å². The predicted molar refractivity (Wildman–Crippen MR) is 78.7 cm³/mol. The van der Waals surface area contributed by atoms with Gasteiger partial charge in [-0.15, -0.1) is 11.3 Å². The Morgan fingerprint density at radius 2 is 2.05 bits per heavy atom. The number of nitrogens with zero attached hydrogens (tertiary/aromatic N) is 2. The van der Waals surface area contributed by atoms with Crippen molar-refractivity contribution in [2.45, 2.75) is 46.0 Å². The van der Waals surface area contributed by atoms with Gasteiger partial charge in [0, 0.05) is 22.6 Å². The van der Waals surface area contributed by atoms with Gasteiger partial charge in [-0.2, -0.15) is 0 Å². The smallest absolute Gasteiger partial charge is 0.251 e. The molecule has 0 aliphatic rings. The molecule has 0 saturated carbocycles. The van der Waals surface area contributed by atoms with E-state index in [0.717, 1.165) is 29.2 Å². The van der Waals surface area contributed by atoms with Crippen LogP contribution in [0.1, 0.15) is 44.8 Å². The molecule has 0 amide bonds. The van der Waals surface area contributed by atoms with E-state index in [4.69, 9.17) is 0 Å². The quantitative estimate of drug-likeness (QED) is 0.937. The minimum absolute atomic E-state index is 0.0181. The van der Waals surface area contributed by atoms with Crippen molar-refractivity contribution in [2.24, 2.45) is 0 Å². The fourth-order valence-corrected chi connectivity index (χ4v) is 2.63. The SMILES string of the molecule is CCCc1cc(=O)[nH]c(-c2csc(C(C)(C)C)n2)n1. The molecule has 1 N–H and O–H groups in total. The first kappa shape index (κ1) is 13.9. The second-order valence-corrected chi connectivity index (χ2v) is 6.48. The second kappa shape index (κ2) is 5.25. The van der Waals surface area contributed by atoms with Crippen LogP contribution in [0.2, 0.25) is 0 Å². The number of thiazole rings is 1. The number of aromatic amines is 1. The van der Waals surface area contributed by atoms with Gasteiger partial charge in [-0.25, -0.2) is 9.97 Å². The zero-order chi connectivity index (χ0) is 14.0. The van der Waals surface area contributed by atoms with Crippen LogP contribution in [0.3, 0.4) is 0 Å². The summed E-state index contributed by atoms with van der Waals surface area (Å²) < 4.78 is 0.